The highest BCUT2D eigenvalue weighted by atomic mass is 79.9. The summed E-state index contributed by atoms with van der Waals surface area (Å²) in [6.07, 6.45) is 4.19. The molecule has 0 radical (unpaired) electrons. The fraction of sp³-hybridized carbons (Fsp3) is 0.500. The fourth-order valence-corrected chi connectivity index (χ4v) is 3.24. The van der Waals surface area contributed by atoms with Gasteiger partial charge in [0.2, 0.25) is 5.91 Å². The van der Waals surface area contributed by atoms with Crippen molar-refractivity contribution < 1.29 is 4.79 Å². The topological polar surface area (TPSA) is 55.1 Å². The standard InChI is InChI=1S/C14H19BrN2O/c1-9-7-10(15)12(11(16)8-9)17-13(18)14(2)5-3-4-6-14/h7-8H,3-6,16H2,1-2H3,(H,17,18). The maximum Gasteiger partial charge on any atom is 0.230 e. The molecule has 1 aliphatic carbocycles. The van der Waals surface area contributed by atoms with E-state index in [4.69, 9.17) is 5.73 Å². The number of rotatable bonds is 2. The first-order valence-corrected chi connectivity index (χ1v) is 7.09. The molecule has 1 aliphatic rings. The number of aryl methyl sites for hydroxylation is 1. The van der Waals surface area contributed by atoms with Gasteiger partial charge in [0.25, 0.3) is 0 Å². The summed E-state index contributed by atoms with van der Waals surface area (Å²) in [5.74, 6) is 0.0799. The average molecular weight is 311 g/mol. The molecule has 1 amide bonds. The molecular weight excluding hydrogens is 292 g/mol. The van der Waals surface area contributed by atoms with Crippen LogP contribution in [0.4, 0.5) is 11.4 Å². The van der Waals surface area contributed by atoms with E-state index in [0.717, 1.165) is 35.7 Å². The van der Waals surface area contributed by atoms with Crippen molar-refractivity contribution in [1.82, 2.24) is 0 Å². The molecule has 1 aromatic rings. The number of nitrogens with two attached hydrogens (primary N) is 1. The second-order valence-electron chi connectivity index (χ2n) is 5.43. The van der Waals surface area contributed by atoms with Crippen LogP contribution >= 0.6 is 15.9 Å². The zero-order valence-electron chi connectivity index (χ0n) is 10.8. The summed E-state index contributed by atoms with van der Waals surface area (Å²) in [4.78, 5) is 12.3. The van der Waals surface area contributed by atoms with Crippen LogP contribution in [0.25, 0.3) is 0 Å². The third kappa shape index (κ3) is 2.53. The molecule has 0 spiro atoms. The molecule has 0 atom stereocenters. The van der Waals surface area contributed by atoms with E-state index in [0.29, 0.717) is 11.4 Å². The van der Waals surface area contributed by atoms with E-state index in [2.05, 4.69) is 21.2 Å². The van der Waals surface area contributed by atoms with Crippen LogP contribution in [-0.2, 0) is 4.79 Å². The van der Waals surface area contributed by atoms with Gasteiger partial charge in [-0.3, -0.25) is 4.79 Å². The van der Waals surface area contributed by atoms with Crippen molar-refractivity contribution in [2.45, 2.75) is 39.5 Å². The number of nitrogens with one attached hydrogen (secondary N) is 1. The Labute approximate surface area is 116 Å². The highest BCUT2D eigenvalue weighted by Gasteiger charge is 2.36. The van der Waals surface area contributed by atoms with Crippen molar-refractivity contribution in [3.8, 4) is 0 Å². The van der Waals surface area contributed by atoms with Gasteiger partial charge in [-0.15, -0.1) is 0 Å². The van der Waals surface area contributed by atoms with Crippen molar-refractivity contribution in [1.29, 1.82) is 0 Å². The number of halogens is 1. The minimum atomic E-state index is -0.239. The second-order valence-corrected chi connectivity index (χ2v) is 6.29. The predicted molar refractivity (Wildman–Crippen MR) is 78.5 cm³/mol. The van der Waals surface area contributed by atoms with Crippen LogP contribution in [-0.4, -0.2) is 5.91 Å². The van der Waals surface area contributed by atoms with E-state index in [-0.39, 0.29) is 11.3 Å². The molecule has 0 bridgehead atoms. The Morgan fingerprint density at radius 1 is 1.39 bits per heavy atom. The number of benzene rings is 1. The third-order valence-electron chi connectivity index (χ3n) is 3.76. The summed E-state index contributed by atoms with van der Waals surface area (Å²) in [5, 5.41) is 2.98. The van der Waals surface area contributed by atoms with Gasteiger partial charge in [-0.2, -0.15) is 0 Å². The van der Waals surface area contributed by atoms with Gasteiger partial charge < -0.3 is 11.1 Å². The molecule has 0 aliphatic heterocycles. The summed E-state index contributed by atoms with van der Waals surface area (Å²) in [7, 11) is 0. The number of nitrogen functional groups attached to an aromatic ring is 1. The van der Waals surface area contributed by atoms with Crippen molar-refractivity contribution in [2.75, 3.05) is 11.1 Å². The second kappa shape index (κ2) is 4.92. The predicted octanol–water partition coefficient (Wildman–Crippen LogP) is 3.86. The van der Waals surface area contributed by atoms with E-state index >= 15 is 0 Å². The average Bonchev–Trinajstić information content (AvgIpc) is 2.71. The van der Waals surface area contributed by atoms with Crippen LogP contribution in [0, 0.1) is 12.3 Å². The monoisotopic (exact) mass is 310 g/mol. The molecule has 2 rings (SSSR count). The molecule has 98 valence electrons. The van der Waals surface area contributed by atoms with E-state index in [1.54, 1.807) is 0 Å². The Morgan fingerprint density at radius 2 is 2.00 bits per heavy atom. The Morgan fingerprint density at radius 3 is 2.56 bits per heavy atom. The highest BCUT2D eigenvalue weighted by Crippen LogP contribution is 2.40. The maximum absolute atomic E-state index is 12.3. The zero-order chi connectivity index (χ0) is 13.3. The molecule has 1 fully saturated rings. The Balaban J connectivity index is 2.22. The molecular formula is C14H19BrN2O. The molecule has 1 aromatic carbocycles. The number of carbonyl (C=O) groups excluding carboxylic acids is 1. The van der Waals surface area contributed by atoms with Gasteiger partial charge in [0.05, 0.1) is 11.4 Å². The smallest absolute Gasteiger partial charge is 0.230 e. The van der Waals surface area contributed by atoms with Gasteiger partial charge in [0.1, 0.15) is 0 Å². The number of hydrogen-bond acceptors (Lipinski definition) is 2. The van der Waals surface area contributed by atoms with E-state index in [1.807, 2.05) is 26.0 Å². The largest absolute Gasteiger partial charge is 0.397 e. The molecule has 0 heterocycles. The SMILES string of the molecule is Cc1cc(N)c(NC(=O)C2(C)CCCC2)c(Br)c1. The molecule has 1 saturated carbocycles. The van der Waals surface area contributed by atoms with Crippen LogP contribution in [0.1, 0.15) is 38.2 Å². The Hall–Kier alpha value is -1.03. The fourth-order valence-electron chi connectivity index (χ4n) is 2.55. The molecule has 0 saturated heterocycles. The first-order valence-electron chi connectivity index (χ1n) is 6.29. The van der Waals surface area contributed by atoms with Crippen molar-refractivity contribution in [2.24, 2.45) is 5.41 Å². The lowest BCUT2D eigenvalue weighted by atomic mass is 9.88. The number of amides is 1. The van der Waals surface area contributed by atoms with Crippen LogP contribution in [0.2, 0.25) is 0 Å². The molecule has 3 nitrogen and oxygen atoms in total. The van der Waals surface area contributed by atoms with Crippen molar-refractivity contribution >= 4 is 33.2 Å². The lowest BCUT2D eigenvalue weighted by Crippen LogP contribution is -2.31. The molecule has 0 aromatic heterocycles. The number of hydrogen-bond donors (Lipinski definition) is 2. The molecule has 4 heteroatoms. The van der Waals surface area contributed by atoms with E-state index in [9.17, 15) is 4.79 Å². The highest BCUT2D eigenvalue weighted by molar-refractivity contribution is 9.10. The van der Waals surface area contributed by atoms with Gasteiger partial charge in [-0.1, -0.05) is 19.8 Å². The minimum absolute atomic E-state index is 0.0799. The quantitative estimate of drug-likeness (QED) is 0.815. The lowest BCUT2D eigenvalue weighted by molar-refractivity contribution is -0.124. The van der Waals surface area contributed by atoms with Crippen molar-refractivity contribution in [3.63, 3.8) is 0 Å². The molecule has 0 unspecified atom stereocenters. The minimum Gasteiger partial charge on any atom is -0.397 e. The maximum atomic E-state index is 12.3. The molecule has 3 N–H and O–H groups in total. The van der Waals surface area contributed by atoms with Crippen molar-refractivity contribution in [3.05, 3.63) is 22.2 Å². The first kappa shape index (κ1) is 13.4. The Kier molecular flexibility index (Phi) is 3.66. The summed E-state index contributed by atoms with van der Waals surface area (Å²) < 4.78 is 0.843. The van der Waals surface area contributed by atoms with E-state index < -0.39 is 0 Å². The van der Waals surface area contributed by atoms with Gasteiger partial charge in [0, 0.05) is 9.89 Å². The number of carbonyl (C=O) groups is 1. The van der Waals surface area contributed by atoms with Crippen LogP contribution in [0.5, 0.6) is 0 Å². The van der Waals surface area contributed by atoms with Gasteiger partial charge in [-0.05, 0) is 53.4 Å². The zero-order valence-corrected chi connectivity index (χ0v) is 12.4. The van der Waals surface area contributed by atoms with Crippen LogP contribution in [0.3, 0.4) is 0 Å². The summed E-state index contributed by atoms with van der Waals surface area (Å²) >= 11 is 3.46. The van der Waals surface area contributed by atoms with Gasteiger partial charge >= 0.3 is 0 Å². The third-order valence-corrected chi connectivity index (χ3v) is 4.38. The molecule has 18 heavy (non-hydrogen) atoms. The lowest BCUT2D eigenvalue weighted by Gasteiger charge is -2.23. The van der Waals surface area contributed by atoms with Crippen LogP contribution < -0.4 is 11.1 Å². The van der Waals surface area contributed by atoms with Gasteiger partial charge in [0.15, 0.2) is 0 Å². The number of anilines is 2. The van der Waals surface area contributed by atoms with E-state index in [1.165, 1.54) is 0 Å². The van der Waals surface area contributed by atoms with Gasteiger partial charge in [-0.25, -0.2) is 0 Å². The summed E-state index contributed by atoms with van der Waals surface area (Å²) in [6.45, 7) is 4.01. The summed E-state index contributed by atoms with van der Waals surface area (Å²) in [5.41, 5.74) is 8.10. The summed E-state index contributed by atoms with van der Waals surface area (Å²) in [6, 6.07) is 3.83. The Bertz CT molecular complexity index is 456. The first-order chi connectivity index (χ1) is 8.42. The van der Waals surface area contributed by atoms with Crippen LogP contribution in [0.15, 0.2) is 16.6 Å². The normalized spacial score (nSPS) is 17.7.